The van der Waals surface area contributed by atoms with Crippen molar-refractivity contribution in [3.63, 3.8) is 0 Å². The molecule has 7 heteroatoms. The molecule has 0 saturated carbocycles. The lowest BCUT2D eigenvalue weighted by molar-refractivity contribution is 0.0950. The number of nitrogens with one attached hydrogen (secondary N) is 1. The van der Waals surface area contributed by atoms with Crippen molar-refractivity contribution in [2.24, 2.45) is 0 Å². The summed E-state index contributed by atoms with van der Waals surface area (Å²) in [5.41, 5.74) is 4.32. The lowest BCUT2D eigenvalue weighted by Gasteiger charge is -2.41. The molecule has 2 amide bonds. The number of nitrogens with zero attached hydrogens (tertiary/aromatic N) is 3. The molecular weight excluding hydrogens is 496 g/mol. The van der Waals surface area contributed by atoms with E-state index in [4.69, 9.17) is 11.6 Å². The molecule has 1 N–H and O–H groups in total. The molecule has 0 bridgehead atoms. The first-order chi connectivity index (χ1) is 18.3. The molecule has 1 unspecified atom stereocenters. The number of rotatable bonds is 6. The number of imidazole rings is 1. The molecule has 1 atom stereocenters. The van der Waals surface area contributed by atoms with Gasteiger partial charge in [-0.15, -0.1) is 0 Å². The van der Waals surface area contributed by atoms with Crippen LogP contribution in [0.15, 0.2) is 85.5 Å². The second-order valence-corrected chi connectivity index (χ2v) is 10.6. The van der Waals surface area contributed by atoms with Gasteiger partial charge in [-0.1, -0.05) is 29.8 Å². The van der Waals surface area contributed by atoms with Crippen LogP contribution in [-0.4, -0.2) is 26.9 Å². The summed E-state index contributed by atoms with van der Waals surface area (Å²) < 4.78 is 2.05. The zero-order chi connectivity index (χ0) is 26.7. The summed E-state index contributed by atoms with van der Waals surface area (Å²) in [6, 6.07) is 20.4. The second-order valence-electron chi connectivity index (χ2n) is 10.2. The predicted octanol–water partition coefficient (Wildman–Crippen LogP) is 6.93. The van der Waals surface area contributed by atoms with E-state index < -0.39 is 5.54 Å². The Labute approximate surface area is 228 Å². The number of amides is 2. The molecule has 1 aliphatic heterocycles. The van der Waals surface area contributed by atoms with Gasteiger partial charge in [0.05, 0.1) is 6.33 Å². The average Bonchev–Trinajstić information content (AvgIpc) is 3.38. The van der Waals surface area contributed by atoms with Crippen LogP contribution in [0.4, 0.5) is 11.4 Å². The molecule has 0 aliphatic carbocycles. The SMILES string of the molecule is Cc1ccccc1C(=O)Nc1ccc(C(=O)N2c3ccc(Cl)cc3CCCC2(C)CCn2ccnc2)cc1. The van der Waals surface area contributed by atoms with E-state index in [1.807, 2.05) is 65.3 Å². The van der Waals surface area contributed by atoms with Crippen LogP contribution in [0.3, 0.4) is 0 Å². The van der Waals surface area contributed by atoms with Gasteiger partial charge in [0.25, 0.3) is 11.8 Å². The minimum atomic E-state index is -0.405. The Morgan fingerprint density at radius 1 is 1.08 bits per heavy atom. The summed E-state index contributed by atoms with van der Waals surface area (Å²) in [6.07, 6.45) is 9.00. The first-order valence-electron chi connectivity index (χ1n) is 12.9. The van der Waals surface area contributed by atoms with Crippen molar-refractivity contribution < 1.29 is 9.59 Å². The summed E-state index contributed by atoms with van der Waals surface area (Å²) in [5.74, 6) is -0.243. The Hall–Kier alpha value is -3.90. The quantitative estimate of drug-likeness (QED) is 0.296. The van der Waals surface area contributed by atoms with E-state index >= 15 is 0 Å². The number of anilines is 2. The fourth-order valence-electron chi connectivity index (χ4n) is 5.27. The monoisotopic (exact) mass is 526 g/mol. The molecular formula is C31H31ClN4O2. The van der Waals surface area contributed by atoms with Crippen molar-refractivity contribution in [1.82, 2.24) is 9.55 Å². The van der Waals surface area contributed by atoms with Crippen LogP contribution in [0.1, 0.15) is 58.0 Å². The summed E-state index contributed by atoms with van der Waals surface area (Å²) in [7, 11) is 0. The molecule has 4 aromatic rings. The molecule has 0 saturated heterocycles. The van der Waals surface area contributed by atoms with Crippen molar-refractivity contribution in [1.29, 1.82) is 0 Å². The molecule has 5 rings (SSSR count). The molecule has 0 spiro atoms. The van der Waals surface area contributed by atoms with Crippen molar-refractivity contribution in [3.05, 3.63) is 113 Å². The van der Waals surface area contributed by atoms with Crippen LogP contribution < -0.4 is 10.2 Å². The van der Waals surface area contributed by atoms with Crippen LogP contribution in [-0.2, 0) is 13.0 Å². The zero-order valence-corrected chi connectivity index (χ0v) is 22.4. The van der Waals surface area contributed by atoms with E-state index in [0.29, 0.717) is 21.8 Å². The van der Waals surface area contributed by atoms with Gasteiger partial charge in [-0.3, -0.25) is 9.59 Å². The van der Waals surface area contributed by atoms with Gasteiger partial charge in [0.1, 0.15) is 0 Å². The highest BCUT2D eigenvalue weighted by atomic mass is 35.5. The molecule has 3 aromatic carbocycles. The molecule has 194 valence electrons. The highest BCUT2D eigenvalue weighted by Crippen LogP contribution is 2.40. The number of carbonyl (C=O) groups is 2. The van der Waals surface area contributed by atoms with E-state index in [0.717, 1.165) is 49.0 Å². The third-order valence-electron chi connectivity index (χ3n) is 7.43. The molecule has 38 heavy (non-hydrogen) atoms. The third-order valence-corrected chi connectivity index (χ3v) is 7.67. The molecule has 6 nitrogen and oxygen atoms in total. The Kier molecular flexibility index (Phi) is 7.34. The fraction of sp³-hybridized carbons (Fsp3) is 0.258. The van der Waals surface area contributed by atoms with Gasteiger partial charge in [-0.25, -0.2) is 4.98 Å². The van der Waals surface area contributed by atoms with Crippen LogP contribution in [0.5, 0.6) is 0 Å². The van der Waals surface area contributed by atoms with E-state index in [2.05, 4.69) is 17.2 Å². The number of hydrogen-bond donors (Lipinski definition) is 1. The number of fused-ring (bicyclic) bond motifs is 1. The lowest BCUT2D eigenvalue weighted by Crippen LogP contribution is -2.50. The minimum Gasteiger partial charge on any atom is -0.337 e. The largest absolute Gasteiger partial charge is 0.337 e. The van der Waals surface area contributed by atoms with Crippen LogP contribution in [0.25, 0.3) is 0 Å². The highest BCUT2D eigenvalue weighted by molar-refractivity contribution is 6.30. The molecule has 0 radical (unpaired) electrons. The summed E-state index contributed by atoms with van der Waals surface area (Å²) in [4.78, 5) is 33.0. The predicted molar refractivity (Wildman–Crippen MR) is 152 cm³/mol. The Morgan fingerprint density at radius 2 is 1.87 bits per heavy atom. The summed E-state index contributed by atoms with van der Waals surface area (Å²) >= 11 is 6.34. The van der Waals surface area contributed by atoms with Crippen LogP contribution in [0.2, 0.25) is 5.02 Å². The standard InChI is InChI=1S/C31H31ClN4O2/c1-22-6-3-4-8-27(22)29(37)34-26-12-9-23(10-13-26)30(38)36-28-14-11-25(32)20-24(28)7-5-15-31(36,2)16-18-35-19-17-33-21-35/h3-4,6,8-14,17,19-21H,5,7,15-16,18H2,1-2H3,(H,34,37). The fourth-order valence-corrected chi connectivity index (χ4v) is 5.46. The van der Waals surface area contributed by atoms with Gasteiger partial charge in [-0.05, 0) is 99.2 Å². The molecule has 1 aliphatic rings. The highest BCUT2D eigenvalue weighted by Gasteiger charge is 2.39. The first kappa shape index (κ1) is 25.7. The normalized spacial score (nSPS) is 17.0. The zero-order valence-electron chi connectivity index (χ0n) is 21.7. The van der Waals surface area contributed by atoms with Gasteiger partial charge in [-0.2, -0.15) is 0 Å². The maximum atomic E-state index is 14.2. The molecule has 1 aromatic heterocycles. The maximum Gasteiger partial charge on any atom is 0.258 e. The second kappa shape index (κ2) is 10.8. The van der Waals surface area contributed by atoms with E-state index in [1.165, 1.54) is 0 Å². The van der Waals surface area contributed by atoms with Crippen molar-refractivity contribution in [2.75, 3.05) is 10.2 Å². The Balaban J connectivity index is 1.43. The number of aryl methyl sites for hydroxylation is 3. The van der Waals surface area contributed by atoms with Crippen molar-refractivity contribution in [3.8, 4) is 0 Å². The van der Waals surface area contributed by atoms with Gasteiger partial charge in [0.15, 0.2) is 0 Å². The van der Waals surface area contributed by atoms with E-state index in [1.54, 1.807) is 36.5 Å². The van der Waals surface area contributed by atoms with Crippen molar-refractivity contribution in [2.45, 2.75) is 51.6 Å². The number of carbonyl (C=O) groups excluding carboxylic acids is 2. The first-order valence-corrected chi connectivity index (χ1v) is 13.3. The molecule has 2 heterocycles. The van der Waals surface area contributed by atoms with Crippen molar-refractivity contribution >= 4 is 34.8 Å². The maximum absolute atomic E-state index is 14.2. The van der Waals surface area contributed by atoms with Gasteiger partial charge >= 0.3 is 0 Å². The smallest absolute Gasteiger partial charge is 0.258 e. The molecule has 0 fully saturated rings. The van der Waals surface area contributed by atoms with E-state index in [9.17, 15) is 9.59 Å². The Bertz CT molecular complexity index is 1450. The number of aromatic nitrogens is 2. The third kappa shape index (κ3) is 5.36. The van der Waals surface area contributed by atoms with Gasteiger partial charge < -0.3 is 14.8 Å². The topological polar surface area (TPSA) is 67.2 Å². The number of benzene rings is 3. The lowest BCUT2D eigenvalue weighted by atomic mass is 9.89. The van der Waals surface area contributed by atoms with Crippen LogP contribution in [0, 0.1) is 6.92 Å². The number of halogens is 1. The summed E-state index contributed by atoms with van der Waals surface area (Å²) in [6.45, 7) is 4.84. The van der Waals surface area contributed by atoms with Crippen LogP contribution >= 0.6 is 11.6 Å². The van der Waals surface area contributed by atoms with E-state index in [-0.39, 0.29) is 11.8 Å². The summed E-state index contributed by atoms with van der Waals surface area (Å²) in [5, 5.41) is 3.61. The Morgan fingerprint density at radius 3 is 2.61 bits per heavy atom. The minimum absolute atomic E-state index is 0.0691. The van der Waals surface area contributed by atoms with Gasteiger partial charge in [0, 0.05) is 52.0 Å². The van der Waals surface area contributed by atoms with Gasteiger partial charge in [0.2, 0.25) is 0 Å². The average molecular weight is 527 g/mol. The number of hydrogen-bond acceptors (Lipinski definition) is 3.